The van der Waals surface area contributed by atoms with Crippen molar-refractivity contribution in [3.8, 4) is 5.75 Å². The molecule has 2 aromatic carbocycles. The molecule has 2 aliphatic carbocycles. The van der Waals surface area contributed by atoms with Crippen LogP contribution in [0.25, 0.3) is 10.9 Å². The number of alkyl halides is 6. The van der Waals surface area contributed by atoms with Gasteiger partial charge in [-0.2, -0.15) is 18.2 Å². The molecule has 46 heavy (non-hydrogen) atoms. The van der Waals surface area contributed by atoms with Gasteiger partial charge >= 0.3 is 18.5 Å². The van der Waals surface area contributed by atoms with E-state index in [1.165, 1.54) is 6.07 Å². The number of aliphatic carboxylic acids is 1. The molecule has 4 N–H and O–H groups in total. The lowest BCUT2D eigenvalue weighted by Crippen LogP contribution is -2.33. The summed E-state index contributed by atoms with van der Waals surface area (Å²) in [5.74, 6) is -1.64. The molecular formula is C28H30BrF6N5O5S. The molecule has 0 spiro atoms. The van der Waals surface area contributed by atoms with Gasteiger partial charge < -0.3 is 20.5 Å². The Kier molecular flexibility index (Phi) is 11.2. The molecule has 5 rings (SSSR count). The smallest absolute Gasteiger partial charge is 0.475 e. The van der Waals surface area contributed by atoms with E-state index in [0.29, 0.717) is 24.5 Å². The number of hydrogen-bond donors (Lipinski definition) is 4. The molecule has 2 saturated carbocycles. The Morgan fingerprint density at radius 2 is 1.54 bits per heavy atom. The first-order chi connectivity index (χ1) is 21.5. The molecule has 0 saturated heterocycles. The molecule has 0 radical (unpaired) electrons. The van der Waals surface area contributed by atoms with Crippen LogP contribution in [-0.2, 0) is 14.8 Å². The number of anilines is 2. The van der Waals surface area contributed by atoms with E-state index in [-0.39, 0.29) is 16.9 Å². The molecule has 18 heteroatoms. The standard InChI is InChI=1S/C26H29BrF3N5O3S.C2HF3O2/c27-18-9-12-23(22(13-18)38-26(28,29)30)39(36,37)32-15-17-7-5-16(6-8-17)14-31-25-34-21-4-2-1-3-20(21)24(35-25)33-19-10-11-19;3-2(4,5)1(6)7/h1-4,9,12-13,16-17,19,32H,5-8,10-11,14-15H2,(H2,31,33,34,35);(H,6,7). The maximum Gasteiger partial charge on any atom is 0.573 e. The van der Waals surface area contributed by atoms with Crippen molar-refractivity contribution >= 4 is 54.6 Å². The van der Waals surface area contributed by atoms with Gasteiger partial charge in [0.15, 0.2) is 5.75 Å². The number of halogens is 7. The summed E-state index contributed by atoms with van der Waals surface area (Å²) in [4.78, 5) is 17.7. The SMILES string of the molecule is O=C(O)C(F)(F)F.O=S(=O)(NCC1CCC(CNc2nc(NC3CC3)c3ccccc3n2)CC1)c1ccc(Br)cc1OC(F)(F)F. The van der Waals surface area contributed by atoms with Crippen molar-refractivity contribution in [2.75, 3.05) is 23.7 Å². The number of nitrogens with zero attached hydrogens (tertiary/aromatic N) is 2. The van der Waals surface area contributed by atoms with Crippen LogP contribution in [0, 0.1) is 11.8 Å². The van der Waals surface area contributed by atoms with E-state index < -0.39 is 39.2 Å². The zero-order valence-electron chi connectivity index (χ0n) is 24.0. The van der Waals surface area contributed by atoms with Crippen molar-refractivity contribution in [3.63, 3.8) is 0 Å². The minimum absolute atomic E-state index is 0.0877. The first-order valence-electron chi connectivity index (χ1n) is 14.1. The van der Waals surface area contributed by atoms with Gasteiger partial charge in [0.1, 0.15) is 10.7 Å². The third-order valence-electron chi connectivity index (χ3n) is 7.26. The topological polar surface area (TPSA) is 143 Å². The van der Waals surface area contributed by atoms with Crippen LogP contribution < -0.4 is 20.1 Å². The summed E-state index contributed by atoms with van der Waals surface area (Å²) < 4.78 is 102. The number of rotatable bonds is 10. The second-order valence-electron chi connectivity index (χ2n) is 10.9. The largest absolute Gasteiger partial charge is 0.573 e. The summed E-state index contributed by atoms with van der Waals surface area (Å²) in [7, 11) is -4.20. The van der Waals surface area contributed by atoms with Crippen LogP contribution in [0.1, 0.15) is 38.5 Å². The Hall–Kier alpha value is -3.38. The highest BCUT2D eigenvalue weighted by Crippen LogP contribution is 2.34. The number of carboxylic acid groups (broad SMARTS) is 1. The van der Waals surface area contributed by atoms with Gasteiger partial charge in [0.25, 0.3) is 0 Å². The van der Waals surface area contributed by atoms with Crippen LogP contribution in [0.4, 0.5) is 38.1 Å². The van der Waals surface area contributed by atoms with E-state index in [0.717, 1.165) is 67.4 Å². The van der Waals surface area contributed by atoms with Crippen LogP contribution in [0.15, 0.2) is 51.8 Å². The molecule has 0 amide bonds. The molecular weight excluding hydrogens is 712 g/mol. The number of benzene rings is 2. The van der Waals surface area contributed by atoms with Crippen LogP contribution in [-0.4, -0.2) is 61.1 Å². The summed E-state index contributed by atoms with van der Waals surface area (Å²) in [6.45, 7) is 0.852. The molecule has 0 bridgehead atoms. The van der Waals surface area contributed by atoms with Crippen LogP contribution in [0.2, 0.25) is 0 Å². The Balaban J connectivity index is 0.000000617. The predicted octanol–water partition coefficient (Wildman–Crippen LogP) is 6.70. The monoisotopic (exact) mass is 741 g/mol. The van der Waals surface area contributed by atoms with Crippen molar-refractivity contribution in [2.24, 2.45) is 11.8 Å². The molecule has 1 heterocycles. The van der Waals surface area contributed by atoms with Gasteiger partial charge in [-0.3, -0.25) is 0 Å². The first-order valence-corrected chi connectivity index (χ1v) is 16.4. The fourth-order valence-corrected chi connectivity index (χ4v) is 6.34. The molecule has 3 aromatic rings. The van der Waals surface area contributed by atoms with Crippen LogP contribution in [0.3, 0.4) is 0 Å². The van der Waals surface area contributed by atoms with Gasteiger partial charge in [0.2, 0.25) is 16.0 Å². The number of carboxylic acids is 1. The van der Waals surface area contributed by atoms with E-state index in [9.17, 15) is 34.8 Å². The summed E-state index contributed by atoms with van der Waals surface area (Å²) in [6.07, 6.45) is -4.42. The zero-order valence-corrected chi connectivity index (χ0v) is 26.4. The average Bonchev–Trinajstić information content (AvgIpc) is 3.78. The highest BCUT2D eigenvalue weighted by atomic mass is 79.9. The number of hydrogen-bond acceptors (Lipinski definition) is 8. The molecule has 2 fully saturated rings. The van der Waals surface area contributed by atoms with Crippen LogP contribution in [0.5, 0.6) is 5.75 Å². The van der Waals surface area contributed by atoms with Crippen LogP contribution >= 0.6 is 15.9 Å². The van der Waals surface area contributed by atoms with E-state index >= 15 is 0 Å². The second-order valence-corrected chi connectivity index (χ2v) is 13.5. The lowest BCUT2D eigenvalue weighted by Gasteiger charge is -2.28. The molecule has 252 valence electrons. The second kappa shape index (κ2) is 14.6. The van der Waals surface area contributed by atoms with Crippen molar-refractivity contribution in [1.82, 2.24) is 14.7 Å². The normalized spacial score (nSPS) is 18.8. The van der Waals surface area contributed by atoms with Crippen molar-refractivity contribution in [2.45, 2.75) is 62.0 Å². The number of fused-ring (bicyclic) bond motifs is 1. The van der Waals surface area contributed by atoms with Gasteiger partial charge in [-0.05, 0) is 80.7 Å². The number of aromatic nitrogens is 2. The molecule has 1 aromatic heterocycles. The average molecular weight is 743 g/mol. The van der Waals surface area contributed by atoms with Gasteiger partial charge in [-0.25, -0.2) is 22.9 Å². The number of carbonyl (C=O) groups is 1. The van der Waals surface area contributed by atoms with Crippen molar-refractivity contribution < 1.29 is 49.4 Å². The Morgan fingerprint density at radius 1 is 0.935 bits per heavy atom. The summed E-state index contributed by atoms with van der Waals surface area (Å²) in [6, 6.07) is 11.8. The summed E-state index contributed by atoms with van der Waals surface area (Å²) in [5, 5.41) is 15.0. The fraction of sp³-hybridized carbons (Fsp3) is 0.464. The Labute approximate surface area is 268 Å². The number of para-hydroxylation sites is 1. The van der Waals surface area contributed by atoms with E-state index in [4.69, 9.17) is 14.9 Å². The molecule has 0 atom stereocenters. The maximum atomic E-state index is 12.8. The minimum atomic E-state index is -5.08. The van der Waals surface area contributed by atoms with Gasteiger partial charge in [0.05, 0.1) is 5.52 Å². The molecule has 0 aliphatic heterocycles. The summed E-state index contributed by atoms with van der Waals surface area (Å²) >= 11 is 3.05. The highest BCUT2D eigenvalue weighted by molar-refractivity contribution is 9.10. The van der Waals surface area contributed by atoms with Gasteiger partial charge in [0, 0.05) is 29.0 Å². The van der Waals surface area contributed by atoms with E-state index in [1.54, 1.807) is 0 Å². The minimum Gasteiger partial charge on any atom is -0.475 e. The quantitative estimate of drug-likeness (QED) is 0.167. The lowest BCUT2D eigenvalue weighted by atomic mass is 9.82. The summed E-state index contributed by atoms with van der Waals surface area (Å²) in [5.41, 5.74) is 0.878. The number of ether oxygens (including phenoxy) is 1. The van der Waals surface area contributed by atoms with Crippen molar-refractivity contribution in [1.29, 1.82) is 0 Å². The predicted molar refractivity (Wildman–Crippen MR) is 160 cm³/mol. The zero-order chi connectivity index (χ0) is 33.7. The number of nitrogens with one attached hydrogen (secondary N) is 3. The fourth-order valence-electron chi connectivity index (χ4n) is 4.78. The lowest BCUT2D eigenvalue weighted by molar-refractivity contribution is -0.275. The third kappa shape index (κ3) is 10.6. The van der Waals surface area contributed by atoms with E-state index in [1.807, 2.05) is 24.3 Å². The van der Waals surface area contributed by atoms with Crippen molar-refractivity contribution in [3.05, 3.63) is 46.9 Å². The third-order valence-corrected chi connectivity index (χ3v) is 9.22. The Bertz CT molecular complexity index is 1630. The maximum absolute atomic E-state index is 12.8. The molecule has 0 unspecified atom stereocenters. The molecule has 2 aliphatic rings. The highest BCUT2D eigenvalue weighted by Gasteiger charge is 2.38. The number of sulfonamides is 1. The Morgan fingerprint density at radius 3 is 2.13 bits per heavy atom. The molecule has 10 nitrogen and oxygen atoms in total. The van der Waals surface area contributed by atoms with Gasteiger partial charge in [-0.15, -0.1) is 13.2 Å². The first kappa shape index (κ1) is 35.5. The van der Waals surface area contributed by atoms with Gasteiger partial charge in [-0.1, -0.05) is 28.1 Å². The van der Waals surface area contributed by atoms with E-state index in [2.05, 4.69) is 41.0 Å².